The first-order valence-electron chi connectivity index (χ1n) is 10.1. The Morgan fingerprint density at radius 1 is 0.875 bits per heavy atom. The molecule has 2 aliphatic heterocycles. The van der Waals surface area contributed by atoms with Crippen LogP contribution in [0.15, 0.2) is 0 Å². The number of nitrogens with zero attached hydrogens (tertiary/aromatic N) is 2. The summed E-state index contributed by atoms with van der Waals surface area (Å²) < 4.78 is 5.49. The molecule has 3 aliphatic rings. The fourth-order valence-corrected chi connectivity index (χ4v) is 4.22. The second-order valence-electron chi connectivity index (χ2n) is 9.33. The van der Waals surface area contributed by atoms with Gasteiger partial charge in [-0.25, -0.2) is 4.79 Å². The summed E-state index contributed by atoms with van der Waals surface area (Å²) in [7, 11) is 0. The second kappa shape index (κ2) is 7.63. The maximum atomic E-state index is 12.1. The zero-order valence-electron chi connectivity index (χ0n) is 15.9. The van der Waals surface area contributed by atoms with Gasteiger partial charge in [0.1, 0.15) is 5.60 Å². The van der Waals surface area contributed by atoms with E-state index in [1.807, 2.05) is 25.7 Å². The minimum Gasteiger partial charge on any atom is -0.444 e. The number of hydrogen-bond donors (Lipinski definition) is 0. The molecule has 4 nitrogen and oxygen atoms in total. The molecule has 0 aromatic heterocycles. The molecular weight excluding hydrogens is 300 g/mol. The van der Waals surface area contributed by atoms with Gasteiger partial charge in [0.15, 0.2) is 0 Å². The number of ether oxygens (including phenoxy) is 1. The van der Waals surface area contributed by atoms with Gasteiger partial charge in [-0.1, -0.05) is 0 Å². The van der Waals surface area contributed by atoms with E-state index in [4.69, 9.17) is 4.74 Å². The van der Waals surface area contributed by atoms with Crippen molar-refractivity contribution in [1.82, 2.24) is 9.80 Å². The zero-order chi connectivity index (χ0) is 17.2. The molecule has 0 unspecified atom stereocenters. The Morgan fingerprint density at radius 2 is 1.42 bits per heavy atom. The van der Waals surface area contributed by atoms with Gasteiger partial charge in [0.25, 0.3) is 0 Å². The fourth-order valence-electron chi connectivity index (χ4n) is 4.22. The van der Waals surface area contributed by atoms with Gasteiger partial charge in [-0.05, 0) is 96.6 Å². The van der Waals surface area contributed by atoms with E-state index in [-0.39, 0.29) is 11.7 Å². The molecule has 2 saturated heterocycles. The minimum absolute atomic E-state index is 0.130. The van der Waals surface area contributed by atoms with Gasteiger partial charge in [0, 0.05) is 19.6 Å². The highest BCUT2D eigenvalue weighted by Gasteiger charge is 2.30. The molecule has 138 valence electrons. The van der Waals surface area contributed by atoms with Gasteiger partial charge >= 0.3 is 6.09 Å². The van der Waals surface area contributed by atoms with Crippen LogP contribution in [0.5, 0.6) is 0 Å². The summed E-state index contributed by atoms with van der Waals surface area (Å²) in [4.78, 5) is 16.7. The second-order valence-corrected chi connectivity index (χ2v) is 9.33. The first-order chi connectivity index (χ1) is 11.4. The molecule has 1 amide bonds. The summed E-state index contributed by atoms with van der Waals surface area (Å²) in [5.74, 6) is 2.75. The number of carbonyl (C=O) groups is 1. The lowest BCUT2D eigenvalue weighted by Crippen LogP contribution is -2.42. The van der Waals surface area contributed by atoms with Gasteiger partial charge < -0.3 is 14.5 Å². The standard InChI is InChI=1S/C20H36N2O2/c1-20(2,3)24-19(23)22-12-8-17(9-13-22)14-16-6-10-21(11-7-16)15-18-4-5-18/h16-18H,4-15H2,1-3H3. The van der Waals surface area contributed by atoms with E-state index in [1.165, 1.54) is 51.7 Å². The third-order valence-corrected chi connectivity index (χ3v) is 5.85. The highest BCUT2D eigenvalue weighted by molar-refractivity contribution is 5.68. The Morgan fingerprint density at radius 3 is 1.92 bits per heavy atom. The van der Waals surface area contributed by atoms with Crippen LogP contribution in [-0.4, -0.2) is 54.2 Å². The molecule has 0 radical (unpaired) electrons. The largest absolute Gasteiger partial charge is 0.444 e. The number of rotatable bonds is 4. The first kappa shape index (κ1) is 18.0. The first-order valence-corrected chi connectivity index (χ1v) is 10.1. The lowest BCUT2D eigenvalue weighted by Gasteiger charge is -2.37. The Kier molecular flexibility index (Phi) is 5.74. The van der Waals surface area contributed by atoms with Gasteiger partial charge in [-0.15, -0.1) is 0 Å². The number of hydrogen-bond acceptors (Lipinski definition) is 3. The predicted molar refractivity (Wildman–Crippen MR) is 97.0 cm³/mol. The molecule has 3 fully saturated rings. The van der Waals surface area contributed by atoms with E-state index in [0.717, 1.165) is 43.7 Å². The monoisotopic (exact) mass is 336 g/mol. The molecular formula is C20H36N2O2. The summed E-state index contributed by atoms with van der Waals surface area (Å²) in [6.07, 6.45) is 9.27. The zero-order valence-corrected chi connectivity index (χ0v) is 15.9. The smallest absolute Gasteiger partial charge is 0.410 e. The lowest BCUT2D eigenvalue weighted by molar-refractivity contribution is 0.0170. The highest BCUT2D eigenvalue weighted by atomic mass is 16.6. The van der Waals surface area contributed by atoms with Crippen molar-refractivity contribution in [3.8, 4) is 0 Å². The summed E-state index contributed by atoms with van der Waals surface area (Å²) >= 11 is 0. The van der Waals surface area contributed by atoms with E-state index < -0.39 is 0 Å². The minimum atomic E-state index is -0.387. The third-order valence-electron chi connectivity index (χ3n) is 5.85. The van der Waals surface area contributed by atoms with Crippen LogP contribution in [0.2, 0.25) is 0 Å². The fraction of sp³-hybridized carbons (Fsp3) is 0.950. The topological polar surface area (TPSA) is 32.8 Å². The normalized spacial score (nSPS) is 25.0. The van der Waals surface area contributed by atoms with Crippen LogP contribution in [0.25, 0.3) is 0 Å². The average molecular weight is 337 g/mol. The van der Waals surface area contributed by atoms with Crippen molar-refractivity contribution in [3.63, 3.8) is 0 Å². The highest BCUT2D eigenvalue weighted by Crippen LogP contribution is 2.33. The Balaban J connectivity index is 1.33. The summed E-state index contributed by atoms with van der Waals surface area (Å²) in [5, 5.41) is 0. The van der Waals surface area contributed by atoms with E-state index in [2.05, 4.69) is 4.90 Å². The Labute approximate surface area is 147 Å². The molecule has 0 aromatic carbocycles. The summed E-state index contributed by atoms with van der Waals surface area (Å²) in [5.41, 5.74) is -0.387. The van der Waals surface area contributed by atoms with Crippen molar-refractivity contribution >= 4 is 6.09 Å². The molecule has 3 rings (SSSR count). The van der Waals surface area contributed by atoms with Gasteiger partial charge in [-0.2, -0.15) is 0 Å². The van der Waals surface area contributed by atoms with Crippen molar-refractivity contribution in [2.24, 2.45) is 17.8 Å². The van der Waals surface area contributed by atoms with Crippen LogP contribution in [-0.2, 0) is 4.74 Å². The van der Waals surface area contributed by atoms with Crippen molar-refractivity contribution < 1.29 is 9.53 Å². The molecule has 0 aromatic rings. The quantitative estimate of drug-likeness (QED) is 0.773. The van der Waals surface area contributed by atoms with E-state index >= 15 is 0 Å². The molecule has 0 atom stereocenters. The summed E-state index contributed by atoms with van der Waals surface area (Å²) in [6.45, 7) is 11.6. The molecule has 1 saturated carbocycles. The Bertz CT molecular complexity index is 412. The summed E-state index contributed by atoms with van der Waals surface area (Å²) in [6, 6.07) is 0. The number of carbonyl (C=O) groups excluding carboxylic acids is 1. The van der Waals surface area contributed by atoms with Crippen molar-refractivity contribution in [2.75, 3.05) is 32.7 Å². The maximum absolute atomic E-state index is 12.1. The van der Waals surface area contributed by atoms with Crippen molar-refractivity contribution in [3.05, 3.63) is 0 Å². The van der Waals surface area contributed by atoms with Crippen LogP contribution < -0.4 is 0 Å². The molecule has 4 heteroatoms. The molecule has 2 heterocycles. The number of amides is 1. The lowest BCUT2D eigenvalue weighted by atomic mass is 9.83. The number of likely N-dealkylation sites (tertiary alicyclic amines) is 2. The van der Waals surface area contributed by atoms with Crippen molar-refractivity contribution in [2.45, 2.75) is 71.3 Å². The van der Waals surface area contributed by atoms with Crippen molar-refractivity contribution in [1.29, 1.82) is 0 Å². The van der Waals surface area contributed by atoms with Gasteiger partial charge in [-0.3, -0.25) is 0 Å². The average Bonchev–Trinajstić information content (AvgIpc) is 3.32. The van der Waals surface area contributed by atoms with Crippen LogP contribution >= 0.6 is 0 Å². The Hall–Kier alpha value is -0.770. The molecule has 24 heavy (non-hydrogen) atoms. The predicted octanol–water partition coefficient (Wildman–Crippen LogP) is 4.15. The van der Waals surface area contributed by atoms with E-state index in [9.17, 15) is 4.79 Å². The van der Waals surface area contributed by atoms with Crippen LogP contribution in [0.3, 0.4) is 0 Å². The third kappa shape index (κ3) is 5.65. The molecule has 0 spiro atoms. The molecule has 1 aliphatic carbocycles. The molecule has 0 N–H and O–H groups in total. The SMILES string of the molecule is CC(C)(C)OC(=O)N1CCC(CC2CCN(CC3CC3)CC2)CC1. The van der Waals surface area contributed by atoms with E-state index in [1.54, 1.807) is 0 Å². The number of piperidine rings is 2. The maximum Gasteiger partial charge on any atom is 0.410 e. The van der Waals surface area contributed by atoms with E-state index in [0.29, 0.717) is 0 Å². The van der Waals surface area contributed by atoms with Crippen LogP contribution in [0, 0.1) is 17.8 Å². The van der Waals surface area contributed by atoms with Gasteiger partial charge in [0.2, 0.25) is 0 Å². The van der Waals surface area contributed by atoms with Gasteiger partial charge in [0.05, 0.1) is 0 Å². The van der Waals surface area contributed by atoms with Crippen LogP contribution in [0.1, 0.15) is 65.7 Å². The molecule has 0 bridgehead atoms. The van der Waals surface area contributed by atoms with Crippen LogP contribution in [0.4, 0.5) is 4.79 Å².